The number of benzene rings is 1. The molecule has 0 saturated heterocycles. The number of hydrogen-bond donors (Lipinski definition) is 5. The molecule has 2 rings (SSSR count). The van der Waals surface area contributed by atoms with Crippen molar-refractivity contribution in [2.24, 2.45) is 5.84 Å². The molecule has 1 aromatic heterocycles. The fourth-order valence-electron chi connectivity index (χ4n) is 2.54. The molecule has 0 aliphatic heterocycles. The predicted molar refractivity (Wildman–Crippen MR) is 109 cm³/mol. The molecule has 2 aromatic rings. The van der Waals surface area contributed by atoms with Crippen molar-refractivity contribution in [1.82, 2.24) is 15.5 Å². The first-order valence-electron chi connectivity index (χ1n) is 8.99. The fourth-order valence-corrected chi connectivity index (χ4v) is 2.54. The lowest BCUT2D eigenvalue weighted by Gasteiger charge is -2.25. The standard InChI is InChI=1S/C19H28N6O3/c1-12(26)21-13-5-7-16(28-10-9-18(27)22-19(2,3)4)14(11-13)15-6-8-17(23-20)25-24-15/h5-8,11,18,22,27H,9-10,20H2,1-4H3,(H,21,26)(H,23,25). The zero-order valence-corrected chi connectivity index (χ0v) is 16.6. The number of nitrogens with two attached hydrogens (primary N) is 1. The first-order valence-corrected chi connectivity index (χ1v) is 8.99. The highest BCUT2D eigenvalue weighted by molar-refractivity contribution is 5.90. The van der Waals surface area contributed by atoms with Crippen LogP contribution in [0.3, 0.4) is 0 Å². The molecule has 0 fully saturated rings. The summed E-state index contributed by atoms with van der Waals surface area (Å²) in [7, 11) is 0. The Bertz CT molecular complexity index is 789. The lowest BCUT2D eigenvalue weighted by molar-refractivity contribution is -0.114. The van der Waals surface area contributed by atoms with Gasteiger partial charge in [0.1, 0.15) is 12.0 Å². The summed E-state index contributed by atoms with van der Waals surface area (Å²) in [4.78, 5) is 11.4. The van der Waals surface area contributed by atoms with Gasteiger partial charge in [0, 0.05) is 30.1 Å². The van der Waals surface area contributed by atoms with Crippen LogP contribution >= 0.6 is 0 Å². The first-order chi connectivity index (χ1) is 13.2. The third kappa shape index (κ3) is 6.76. The number of anilines is 2. The minimum absolute atomic E-state index is 0.176. The van der Waals surface area contributed by atoms with Gasteiger partial charge in [-0.05, 0) is 51.1 Å². The van der Waals surface area contributed by atoms with E-state index in [2.05, 4.69) is 26.3 Å². The van der Waals surface area contributed by atoms with E-state index >= 15 is 0 Å². The smallest absolute Gasteiger partial charge is 0.221 e. The molecule has 0 aliphatic carbocycles. The van der Waals surface area contributed by atoms with Gasteiger partial charge in [-0.3, -0.25) is 10.1 Å². The van der Waals surface area contributed by atoms with Gasteiger partial charge in [0.15, 0.2) is 5.82 Å². The average molecular weight is 388 g/mol. The van der Waals surface area contributed by atoms with Crippen LogP contribution in [0, 0.1) is 0 Å². The maximum Gasteiger partial charge on any atom is 0.221 e. The van der Waals surface area contributed by atoms with Gasteiger partial charge in [-0.25, -0.2) is 5.84 Å². The summed E-state index contributed by atoms with van der Waals surface area (Å²) >= 11 is 0. The second-order valence-corrected chi connectivity index (χ2v) is 7.39. The van der Waals surface area contributed by atoms with Crippen LogP contribution in [-0.2, 0) is 4.79 Å². The van der Waals surface area contributed by atoms with Crippen LogP contribution in [0.15, 0.2) is 30.3 Å². The van der Waals surface area contributed by atoms with Crippen molar-refractivity contribution in [3.63, 3.8) is 0 Å². The molecule has 6 N–H and O–H groups in total. The molecular weight excluding hydrogens is 360 g/mol. The van der Waals surface area contributed by atoms with Crippen molar-refractivity contribution in [2.75, 3.05) is 17.3 Å². The third-order valence-electron chi connectivity index (χ3n) is 3.64. The maximum absolute atomic E-state index is 11.4. The van der Waals surface area contributed by atoms with Gasteiger partial charge in [-0.1, -0.05) is 0 Å². The van der Waals surface area contributed by atoms with Crippen molar-refractivity contribution in [2.45, 2.75) is 45.9 Å². The van der Waals surface area contributed by atoms with E-state index in [0.29, 0.717) is 41.5 Å². The minimum atomic E-state index is -0.684. The number of hydrazine groups is 1. The lowest BCUT2D eigenvalue weighted by atomic mass is 10.1. The van der Waals surface area contributed by atoms with Gasteiger partial charge in [-0.15, -0.1) is 10.2 Å². The molecule has 1 heterocycles. The number of hydrogen-bond acceptors (Lipinski definition) is 8. The number of carbonyl (C=O) groups is 1. The van der Waals surface area contributed by atoms with Gasteiger partial charge in [0.2, 0.25) is 5.91 Å². The number of aliphatic hydroxyl groups excluding tert-OH is 1. The summed E-state index contributed by atoms with van der Waals surface area (Å²) < 4.78 is 5.87. The zero-order valence-electron chi connectivity index (χ0n) is 16.6. The number of carbonyl (C=O) groups excluding carboxylic acids is 1. The SMILES string of the molecule is CC(=O)Nc1ccc(OCCC(O)NC(C)(C)C)c(-c2ccc(NN)nn2)c1. The molecule has 1 aromatic carbocycles. The average Bonchev–Trinajstić information content (AvgIpc) is 2.61. The van der Waals surface area contributed by atoms with E-state index in [9.17, 15) is 9.90 Å². The first kappa shape index (κ1) is 21.5. The van der Waals surface area contributed by atoms with Crippen molar-refractivity contribution < 1.29 is 14.6 Å². The second kappa shape index (κ2) is 9.45. The summed E-state index contributed by atoms with van der Waals surface area (Å²) in [5.74, 6) is 6.16. The van der Waals surface area contributed by atoms with Crippen LogP contribution in [0.25, 0.3) is 11.3 Å². The van der Waals surface area contributed by atoms with Crippen LogP contribution in [0.2, 0.25) is 0 Å². The van der Waals surface area contributed by atoms with E-state index in [-0.39, 0.29) is 11.4 Å². The van der Waals surface area contributed by atoms with Crippen molar-refractivity contribution in [3.8, 4) is 17.0 Å². The van der Waals surface area contributed by atoms with Crippen molar-refractivity contribution in [3.05, 3.63) is 30.3 Å². The number of rotatable bonds is 8. The summed E-state index contributed by atoms with van der Waals surface area (Å²) in [5, 5.41) is 24.0. The summed E-state index contributed by atoms with van der Waals surface area (Å²) in [6, 6.07) is 8.69. The number of aromatic nitrogens is 2. The number of nitrogens with zero attached hydrogens (tertiary/aromatic N) is 2. The Balaban J connectivity index is 2.18. The topological polar surface area (TPSA) is 134 Å². The normalized spacial score (nSPS) is 12.4. The minimum Gasteiger partial charge on any atom is -0.493 e. The molecule has 0 aliphatic rings. The van der Waals surface area contributed by atoms with Crippen LogP contribution in [0.4, 0.5) is 11.5 Å². The highest BCUT2D eigenvalue weighted by atomic mass is 16.5. The van der Waals surface area contributed by atoms with E-state index < -0.39 is 6.23 Å². The van der Waals surface area contributed by atoms with Crippen LogP contribution in [-0.4, -0.2) is 39.6 Å². The number of nitrogen functional groups attached to an aromatic ring is 1. The zero-order chi connectivity index (χ0) is 20.7. The van der Waals surface area contributed by atoms with Crippen LogP contribution in [0.5, 0.6) is 5.75 Å². The fraction of sp³-hybridized carbons (Fsp3) is 0.421. The summed E-state index contributed by atoms with van der Waals surface area (Å²) in [5.41, 5.74) is 4.08. The molecule has 9 heteroatoms. The highest BCUT2D eigenvalue weighted by Gasteiger charge is 2.16. The van der Waals surface area contributed by atoms with Crippen molar-refractivity contribution in [1.29, 1.82) is 0 Å². The summed E-state index contributed by atoms with van der Waals surface area (Å²) in [6.07, 6.45) is -0.275. The van der Waals surface area contributed by atoms with E-state index in [4.69, 9.17) is 10.6 Å². The van der Waals surface area contributed by atoms with Gasteiger partial charge in [0.05, 0.1) is 12.3 Å². The largest absolute Gasteiger partial charge is 0.493 e. The quantitative estimate of drug-likeness (QED) is 0.263. The van der Waals surface area contributed by atoms with Gasteiger partial charge < -0.3 is 20.6 Å². The van der Waals surface area contributed by atoms with E-state index in [1.54, 1.807) is 30.3 Å². The van der Waals surface area contributed by atoms with Gasteiger partial charge in [-0.2, -0.15) is 0 Å². The Hall–Kier alpha value is -2.75. The Kier molecular flexibility index (Phi) is 7.27. The van der Waals surface area contributed by atoms with Gasteiger partial charge in [0.25, 0.3) is 0 Å². The number of aliphatic hydroxyl groups is 1. The molecule has 28 heavy (non-hydrogen) atoms. The number of nitrogens with one attached hydrogen (secondary N) is 3. The second-order valence-electron chi connectivity index (χ2n) is 7.39. The Morgan fingerprint density at radius 2 is 2.00 bits per heavy atom. The molecule has 1 amide bonds. The summed E-state index contributed by atoms with van der Waals surface area (Å²) in [6.45, 7) is 7.68. The predicted octanol–water partition coefficient (Wildman–Crippen LogP) is 1.86. The monoisotopic (exact) mass is 388 g/mol. The highest BCUT2D eigenvalue weighted by Crippen LogP contribution is 2.32. The van der Waals surface area contributed by atoms with Crippen molar-refractivity contribution >= 4 is 17.4 Å². The molecular formula is C19H28N6O3. The molecule has 0 saturated carbocycles. The third-order valence-corrected chi connectivity index (χ3v) is 3.64. The molecule has 0 radical (unpaired) electrons. The van der Waals surface area contributed by atoms with Crippen LogP contribution < -0.4 is 26.6 Å². The van der Waals surface area contributed by atoms with E-state index in [1.165, 1.54) is 6.92 Å². The van der Waals surface area contributed by atoms with Gasteiger partial charge >= 0.3 is 0 Å². The molecule has 0 spiro atoms. The molecule has 1 atom stereocenters. The number of ether oxygens (including phenoxy) is 1. The van der Waals surface area contributed by atoms with E-state index in [0.717, 1.165) is 0 Å². The Labute approximate surface area is 164 Å². The Morgan fingerprint density at radius 3 is 2.57 bits per heavy atom. The molecule has 1 unspecified atom stereocenters. The molecule has 9 nitrogen and oxygen atoms in total. The van der Waals surface area contributed by atoms with E-state index in [1.807, 2.05) is 20.8 Å². The van der Waals surface area contributed by atoms with Crippen LogP contribution in [0.1, 0.15) is 34.1 Å². The molecule has 152 valence electrons. The molecule has 0 bridgehead atoms. The lowest BCUT2D eigenvalue weighted by Crippen LogP contribution is -2.44. The number of amides is 1. The maximum atomic E-state index is 11.4. The Morgan fingerprint density at radius 1 is 1.25 bits per heavy atom.